The molecule has 0 fully saturated rings. The van der Waals surface area contributed by atoms with Gasteiger partial charge in [-0.25, -0.2) is 0 Å². The number of hydrogen-bond donors (Lipinski definition) is 4. The van der Waals surface area contributed by atoms with Gasteiger partial charge in [0.15, 0.2) is 0 Å². The van der Waals surface area contributed by atoms with Crippen LogP contribution in [0, 0.1) is 0 Å². The number of hydrogen-bond acceptors (Lipinski definition) is 6. The maximum absolute atomic E-state index is 5.90. The zero-order valence-corrected chi connectivity index (χ0v) is 29.1. The molecule has 52 heavy (non-hydrogen) atoms. The summed E-state index contributed by atoms with van der Waals surface area (Å²) in [5.74, 6) is 0. The lowest BCUT2D eigenvalue weighted by Crippen LogP contribution is -2.09. The van der Waals surface area contributed by atoms with Crippen LogP contribution >= 0.6 is 0 Å². The quantitative estimate of drug-likeness (QED) is 0.119. The van der Waals surface area contributed by atoms with Crippen molar-refractivity contribution in [2.75, 3.05) is 35.4 Å². The van der Waals surface area contributed by atoms with E-state index in [1.54, 1.807) is 0 Å². The van der Waals surface area contributed by atoms with Crippen molar-refractivity contribution in [1.29, 1.82) is 0 Å². The molecule has 0 radical (unpaired) electrons. The predicted molar refractivity (Wildman–Crippen MR) is 221 cm³/mol. The second kappa shape index (κ2) is 15.2. The normalized spacial score (nSPS) is 11.3. The van der Waals surface area contributed by atoms with Gasteiger partial charge in [0.1, 0.15) is 0 Å². The molecule has 8 heteroatoms. The zero-order valence-electron chi connectivity index (χ0n) is 29.1. The van der Waals surface area contributed by atoms with E-state index in [4.69, 9.17) is 11.5 Å². The lowest BCUT2D eigenvalue weighted by atomic mass is 10.1. The van der Waals surface area contributed by atoms with E-state index in [1.807, 2.05) is 111 Å². The van der Waals surface area contributed by atoms with Crippen LogP contribution in [0.3, 0.4) is 0 Å². The first-order valence-electron chi connectivity index (χ1n) is 17.0. The Bertz CT molecular complexity index is 2300. The number of nitrogen functional groups attached to an aromatic ring is 2. The van der Waals surface area contributed by atoms with Gasteiger partial charge in [-0.3, -0.25) is 10.2 Å². The Balaban J connectivity index is 0.000000162. The molecule has 0 amide bonds. The van der Waals surface area contributed by atoms with Crippen LogP contribution in [0.15, 0.2) is 146 Å². The number of aromatic amines is 2. The van der Waals surface area contributed by atoms with Crippen molar-refractivity contribution >= 4 is 80.2 Å². The summed E-state index contributed by atoms with van der Waals surface area (Å²) in [4.78, 5) is 4.21. The van der Waals surface area contributed by atoms with E-state index in [9.17, 15) is 0 Å². The lowest BCUT2D eigenvalue weighted by molar-refractivity contribution is 1.10. The minimum Gasteiger partial charge on any atom is -0.399 e. The molecule has 0 aliphatic heterocycles. The molecule has 0 saturated carbocycles. The summed E-state index contributed by atoms with van der Waals surface area (Å²) in [6.45, 7) is 0. The van der Waals surface area contributed by atoms with E-state index in [1.165, 1.54) is 0 Å². The van der Waals surface area contributed by atoms with Gasteiger partial charge in [0.05, 0.1) is 22.4 Å². The van der Waals surface area contributed by atoms with Crippen LogP contribution in [0.5, 0.6) is 0 Å². The summed E-state index contributed by atoms with van der Waals surface area (Å²) in [6, 6.07) is 48.7. The maximum Gasteiger partial charge on any atom is 0.0927 e. The van der Waals surface area contributed by atoms with E-state index in [2.05, 4.69) is 103 Å². The fraction of sp³-hybridized carbons (Fsp3) is 0.0455. The SMILES string of the molecule is CN(c1cccc(N)c1)c1ccc2c(/C=C/c3ccccc3)n[nH]c2c1.CN(c1cccc(N)c1)c1ccc2c(/C=C/c3ccccc3)n[nH]c2c1. The van der Waals surface area contributed by atoms with Crippen LogP contribution in [-0.2, 0) is 0 Å². The fourth-order valence-electron chi connectivity index (χ4n) is 5.97. The van der Waals surface area contributed by atoms with E-state index in [-0.39, 0.29) is 0 Å². The fourth-order valence-corrected chi connectivity index (χ4v) is 5.97. The summed E-state index contributed by atoms with van der Waals surface area (Å²) >= 11 is 0. The average Bonchev–Trinajstić information content (AvgIpc) is 3.79. The third-order valence-electron chi connectivity index (χ3n) is 8.91. The number of H-pyrrole nitrogens is 2. The molecular formula is C44H40N8. The van der Waals surface area contributed by atoms with E-state index in [0.717, 1.165) is 78.4 Å². The van der Waals surface area contributed by atoms with Crippen molar-refractivity contribution < 1.29 is 0 Å². The topological polar surface area (TPSA) is 116 Å². The number of nitrogens with two attached hydrogens (primary N) is 2. The van der Waals surface area contributed by atoms with Crippen LogP contribution in [0.25, 0.3) is 46.1 Å². The Kier molecular flexibility index (Phi) is 9.79. The van der Waals surface area contributed by atoms with E-state index < -0.39 is 0 Å². The number of nitrogens with zero attached hydrogens (tertiary/aromatic N) is 4. The van der Waals surface area contributed by atoms with Crippen molar-refractivity contribution in [3.63, 3.8) is 0 Å². The Morgan fingerprint density at radius 2 is 0.846 bits per heavy atom. The van der Waals surface area contributed by atoms with Gasteiger partial charge in [-0.05, 0) is 96.1 Å². The van der Waals surface area contributed by atoms with Crippen LogP contribution in [0.1, 0.15) is 22.5 Å². The van der Waals surface area contributed by atoms with Crippen molar-refractivity contribution in [3.8, 4) is 0 Å². The monoisotopic (exact) mass is 680 g/mol. The van der Waals surface area contributed by atoms with E-state index in [0.29, 0.717) is 0 Å². The molecule has 0 unspecified atom stereocenters. The Morgan fingerprint density at radius 3 is 1.25 bits per heavy atom. The van der Waals surface area contributed by atoms with Crippen LogP contribution in [0.4, 0.5) is 34.1 Å². The molecule has 8 rings (SSSR count). The van der Waals surface area contributed by atoms with Crippen molar-refractivity contribution in [3.05, 3.63) is 168 Å². The molecule has 2 heterocycles. The molecule has 0 bridgehead atoms. The molecule has 8 nitrogen and oxygen atoms in total. The first-order chi connectivity index (χ1) is 25.4. The summed E-state index contributed by atoms with van der Waals surface area (Å²) in [6.07, 6.45) is 8.22. The third kappa shape index (κ3) is 7.72. The van der Waals surface area contributed by atoms with Gasteiger partial charge in [-0.1, -0.05) is 84.9 Å². The second-order valence-corrected chi connectivity index (χ2v) is 12.5. The molecule has 2 aromatic heterocycles. The summed E-state index contributed by atoms with van der Waals surface area (Å²) in [7, 11) is 4.06. The second-order valence-electron chi connectivity index (χ2n) is 12.5. The predicted octanol–water partition coefficient (Wildman–Crippen LogP) is 10.2. The largest absolute Gasteiger partial charge is 0.399 e. The van der Waals surface area contributed by atoms with Gasteiger partial charge in [0.2, 0.25) is 0 Å². The van der Waals surface area contributed by atoms with Crippen molar-refractivity contribution in [1.82, 2.24) is 20.4 Å². The Morgan fingerprint density at radius 1 is 0.442 bits per heavy atom. The zero-order chi connectivity index (χ0) is 35.9. The number of anilines is 6. The average molecular weight is 681 g/mol. The third-order valence-corrected chi connectivity index (χ3v) is 8.91. The molecular weight excluding hydrogens is 641 g/mol. The van der Waals surface area contributed by atoms with E-state index >= 15 is 0 Å². The number of aromatic nitrogens is 4. The molecule has 0 aliphatic rings. The first-order valence-corrected chi connectivity index (χ1v) is 17.0. The van der Waals surface area contributed by atoms with Crippen molar-refractivity contribution in [2.24, 2.45) is 0 Å². The van der Waals surface area contributed by atoms with Gasteiger partial charge >= 0.3 is 0 Å². The highest BCUT2D eigenvalue weighted by atomic mass is 15.1. The van der Waals surface area contributed by atoms with Gasteiger partial charge in [-0.2, -0.15) is 10.2 Å². The van der Waals surface area contributed by atoms with Crippen molar-refractivity contribution in [2.45, 2.75) is 0 Å². The van der Waals surface area contributed by atoms with Gasteiger partial charge in [0, 0.05) is 59.0 Å². The molecule has 6 N–H and O–H groups in total. The lowest BCUT2D eigenvalue weighted by Gasteiger charge is -2.19. The van der Waals surface area contributed by atoms with Gasteiger partial charge in [0.25, 0.3) is 0 Å². The smallest absolute Gasteiger partial charge is 0.0927 e. The Hall–Kier alpha value is -7.06. The molecule has 0 saturated heterocycles. The minimum absolute atomic E-state index is 0.755. The summed E-state index contributed by atoms with van der Waals surface area (Å²) in [5, 5.41) is 17.4. The molecule has 6 aromatic carbocycles. The maximum atomic E-state index is 5.90. The highest BCUT2D eigenvalue weighted by Crippen LogP contribution is 2.30. The summed E-state index contributed by atoms with van der Waals surface area (Å²) in [5.41, 5.74) is 23.7. The molecule has 0 spiro atoms. The van der Waals surface area contributed by atoms with Crippen LogP contribution < -0.4 is 21.3 Å². The minimum atomic E-state index is 0.755. The van der Waals surface area contributed by atoms with Crippen LogP contribution in [-0.4, -0.2) is 34.5 Å². The Labute approximate surface area is 303 Å². The number of fused-ring (bicyclic) bond motifs is 2. The number of nitrogens with one attached hydrogen (secondary N) is 2. The summed E-state index contributed by atoms with van der Waals surface area (Å²) < 4.78 is 0. The number of benzene rings is 6. The first kappa shape index (κ1) is 33.4. The van der Waals surface area contributed by atoms with Gasteiger partial charge in [-0.15, -0.1) is 0 Å². The molecule has 8 aromatic rings. The number of rotatable bonds is 8. The van der Waals surface area contributed by atoms with Gasteiger partial charge < -0.3 is 21.3 Å². The molecule has 0 atom stereocenters. The highest BCUT2D eigenvalue weighted by Gasteiger charge is 2.10. The van der Waals surface area contributed by atoms with Crippen LogP contribution in [0.2, 0.25) is 0 Å². The highest BCUT2D eigenvalue weighted by molar-refractivity contribution is 5.93. The standard InChI is InChI=1S/2C22H20N4/c2*1-26(18-9-5-8-17(23)14-18)19-11-12-20-21(24-25-22(20)15-19)13-10-16-6-3-2-4-7-16/h2*2-15H,23H2,1H3,(H,24,25)/b2*13-10+. The molecule has 0 aliphatic carbocycles. The molecule has 256 valence electrons.